The van der Waals surface area contributed by atoms with Gasteiger partial charge in [-0.25, -0.2) is 4.99 Å². The normalized spacial score (nSPS) is 18.2. The number of amides is 2. The molecule has 31 heavy (non-hydrogen) atoms. The van der Waals surface area contributed by atoms with Crippen LogP contribution in [0.2, 0.25) is 0 Å². The smallest absolute Gasteiger partial charge is 0.246 e. The van der Waals surface area contributed by atoms with E-state index in [9.17, 15) is 14.7 Å². The van der Waals surface area contributed by atoms with E-state index in [0.29, 0.717) is 45.0 Å². The van der Waals surface area contributed by atoms with Crippen molar-refractivity contribution in [1.82, 2.24) is 15.1 Å². The summed E-state index contributed by atoms with van der Waals surface area (Å²) in [7, 11) is 0. The number of aliphatic hydroxyl groups is 1. The lowest BCUT2D eigenvalue weighted by Gasteiger charge is -2.34. The Kier molecular flexibility index (Phi) is 6.75. The Balaban J connectivity index is 1.31. The minimum absolute atomic E-state index is 0.00739. The molecule has 0 unspecified atom stereocenters. The molecule has 2 amide bonds. The van der Waals surface area contributed by atoms with Crippen LogP contribution >= 0.6 is 0 Å². The number of nitrogens with zero attached hydrogens (tertiary/aromatic N) is 3. The van der Waals surface area contributed by atoms with Gasteiger partial charge in [0.2, 0.25) is 17.8 Å². The summed E-state index contributed by atoms with van der Waals surface area (Å²) in [5, 5.41) is 12.2. The molecule has 1 saturated carbocycles. The van der Waals surface area contributed by atoms with Crippen molar-refractivity contribution < 1.29 is 19.4 Å². The average molecular weight is 429 g/mol. The first-order valence-corrected chi connectivity index (χ1v) is 11.4. The zero-order chi connectivity index (χ0) is 21.8. The molecule has 2 N–H and O–H groups in total. The highest BCUT2D eigenvalue weighted by molar-refractivity contribution is 6.05. The van der Waals surface area contributed by atoms with Gasteiger partial charge in [0.25, 0.3) is 0 Å². The monoisotopic (exact) mass is 428 g/mol. The molecule has 4 rings (SSSR count). The van der Waals surface area contributed by atoms with Gasteiger partial charge in [0.15, 0.2) is 0 Å². The Labute approximate surface area is 183 Å². The topological polar surface area (TPSA) is 94.5 Å². The van der Waals surface area contributed by atoms with Crippen molar-refractivity contribution in [3.8, 4) is 5.75 Å². The minimum Gasteiger partial charge on any atom is -0.493 e. The summed E-state index contributed by atoms with van der Waals surface area (Å²) < 4.78 is 5.98. The van der Waals surface area contributed by atoms with Gasteiger partial charge in [0, 0.05) is 31.6 Å². The fraction of sp³-hybridized carbons (Fsp3) is 0.609. The molecule has 1 aromatic rings. The number of carbonyl (C=O) groups excluding carboxylic acids is 2. The third-order valence-electron chi connectivity index (χ3n) is 6.32. The number of aliphatic hydroxyl groups excluding tert-OH is 1. The number of nitrogens with one attached hydrogen (secondary N) is 1. The van der Waals surface area contributed by atoms with Gasteiger partial charge in [-0.05, 0) is 43.4 Å². The van der Waals surface area contributed by atoms with Crippen molar-refractivity contribution in [3.05, 3.63) is 23.3 Å². The van der Waals surface area contributed by atoms with Crippen LogP contribution in [0.3, 0.4) is 0 Å². The zero-order valence-corrected chi connectivity index (χ0v) is 18.2. The lowest BCUT2D eigenvalue weighted by Crippen LogP contribution is -2.43. The molecule has 0 atom stereocenters. The van der Waals surface area contributed by atoms with Crippen molar-refractivity contribution in [2.45, 2.75) is 64.5 Å². The van der Waals surface area contributed by atoms with E-state index < -0.39 is 0 Å². The summed E-state index contributed by atoms with van der Waals surface area (Å²) in [6.45, 7) is 3.87. The molecule has 8 heteroatoms. The van der Waals surface area contributed by atoms with Crippen LogP contribution in [0.4, 0.5) is 5.69 Å². The van der Waals surface area contributed by atoms with Crippen molar-refractivity contribution in [1.29, 1.82) is 0 Å². The maximum atomic E-state index is 12.7. The molecule has 2 heterocycles. The summed E-state index contributed by atoms with van der Waals surface area (Å²) in [6.07, 6.45) is 6.68. The molecule has 3 aliphatic rings. The van der Waals surface area contributed by atoms with Crippen molar-refractivity contribution >= 4 is 23.5 Å². The average Bonchev–Trinajstić information content (AvgIpc) is 3.12. The molecule has 0 spiro atoms. The number of aliphatic imine (C=N–C) groups is 1. The molecule has 8 nitrogen and oxygen atoms in total. The standard InChI is InChI=1S/C23H32N4O4/c1-16-12-17-14-26-15-21(29)25-23(26)24-19(17)13-20(16)31-11-5-8-22(30)27(9-10-28)18-6-3-2-4-7-18/h12-13,18,28H,2-11,14-15H2,1H3,(H,24,25,29). The molecule has 0 aromatic heterocycles. The van der Waals surface area contributed by atoms with Crippen LogP contribution in [0.25, 0.3) is 0 Å². The molecule has 2 fully saturated rings. The predicted octanol–water partition coefficient (Wildman–Crippen LogP) is 2.24. The first kappa shape index (κ1) is 21.6. The number of aryl methyl sites for hydroxylation is 1. The maximum absolute atomic E-state index is 12.7. The van der Waals surface area contributed by atoms with E-state index in [4.69, 9.17) is 4.74 Å². The number of hydrogen-bond donors (Lipinski definition) is 2. The highest BCUT2D eigenvalue weighted by Crippen LogP contribution is 2.33. The molecule has 0 bridgehead atoms. The Morgan fingerprint density at radius 1 is 1.29 bits per heavy atom. The Hall–Kier alpha value is -2.61. The third kappa shape index (κ3) is 5.01. The molecule has 1 aromatic carbocycles. The molecular formula is C23H32N4O4. The molecule has 0 radical (unpaired) electrons. The van der Waals surface area contributed by atoms with Crippen molar-refractivity contribution in [2.75, 3.05) is 26.3 Å². The lowest BCUT2D eigenvalue weighted by atomic mass is 9.94. The second-order valence-electron chi connectivity index (χ2n) is 8.64. The van der Waals surface area contributed by atoms with E-state index in [-0.39, 0.29) is 24.5 Å². The lowest BCUT2D eigenvalue weighted by molar-refractivity contribution is -0.135. The molecule has 1 saturated heterocycles. The van der Waals surface area contributed by atoms with E-state index in [0.717, 1.165) is 48.2 Å². The number of rotatable bonds is 8. The summed E-state index contributed by atoms with van der Waals surface area (Å²) in [5.41, 5.74) is 2.91. The van der Waals surface area contributed by atoms with Crippen LogP contribution < -0.4 is 10.1 Å². The van der Waals surface area contributed by atoms with Crippen molar-refractivity contribution in [2.24, 2.45) is 4.99 Å². The number of guanidine groups is 1. The maximum Gasteiger partial charge on any atom is 0.246 e. The largest absolute Gasteiger partial charge is 0.493 e. The number of benzene rings is 1. The van der Waals surface area contributed by atoms with Gasteiger partial charge in [-0.1, -0.05) is 19.3 Å². The summed E-state index contributed by atoms with van der Waals surface area (Å²) >= 11 is 0. The van der Waals surface area contributed by atoms with Crippen LogP contribution in [0.15, 0.2) is 17.1 Å². The third-order valence-corrected chi connectivity index (χ3v) is 6.32. The quantitative estimate of drug-likeness (QED) is 0.620. The van der Waals surface area contributed by atoms with Crippen LogP contribution in [0.1, 0.15) is 56.1 Å². The van der Waals surface area contributed by atoms with E-state index in [2.05, 4.69) is 16.4 Å². The number of ether oxygens (including phenoxy) is 1. The summed E-state index contributed by atoms with van der Waals surface area (Å²) in [4.78, 5) is 32.7. The number of hydrogen-bond acceptors (Lipinski definition) is 6. The van der Waals surface area contributed by atoms with E-state index in [1.807, 2.05) is 22.8 Å². The van der Waals surface area contributed by atoms with Crippen LogP contribution in [0.5, 0.6) is 5.75 Å². The predicted molar refractivity (Wildman–Crippen MR) is 117 cm³/mol. The molecular weight excluding hydrogens is 396 g/mol. The van der Waals surface area contributed by atoms with Gasteiger partial charge in [-0.3, -0.25) is 14.9 Å². The molecule has 168 valence electrons. The molecule has 1 aliphatic carbocycles. The van der Waals surface area contributed by atoms with Gasteiger partial charge < -0.3 is 19.6 Å². The highest BCUT2D eigenvalue weighted by atomic mass is 16.5. The van der Waals surface area contributed by atoms with Crippen LogP contribution in [-0.4, -0.2) is 65.0 Å². The van der Waals surface area contributed by atoms with Gasteiger partial charge >= 0.3 is 0 Å². The van der Waals surface area contributed by atoms with E-state index in [1.165, 1.54) is 6.42 Å². The van der Waals surface area contributed by atoms with Gasteiger partial charge in [0.1, 0.15) is 12.3 Å². The van der Waals surface area contributed by atoms with Crippen LogP contribution in [0, 0.1) is 6.92 Å². The fourth-order valence-corrected chi connectivity index (χ4v) is 4.72. The van der Waals surface area contributed by atoms with Gasteiger partial charge in [-0.2, -0.15) is 0 Å². The Bertz CT molecular complexity index is 863. The van der Waals surface area contributed by atoms with Gasteiger partial charge in [-0.15, -0.1) is 0 Å². The Morgan fingerprint density at radius 3 is 2.87 bits per heavy atom. The minimum atomic E-state index is -0.0344. The number of carbonyl (C=O) groups is 2. The Morgan fingerprint density at radius 2 is 2.10 bits per heavy atom. The number of fused-ring (bicyclic) bond motifs is 2. The van der Waals surface area contributed by atoms with E-state index in [1.54, 1.807) is 0 Å². The first-order chi connectivity index (χ1) is 15.0. The summed E-state index contributed by atoms with van der Waals surface area (Å²) in [5.74, 6) is 1.43. The molecule has 2 aliphatic heterocycles. The fourth-order valence-electron chi connectivity index (χ4n) is 4.72. The van der Waals surface area contributed by atoms with E-state index >= 15 is 0 Å². The van der Waals surface area contributed by atoms with Crippen molar-refractivity contribution in [3.63, 3.8) is 0 Å². The first-order valence-electron chi connectivity index (χ1n) is 11.4. The second-order valence-corrected chi connectivity index (χ2v) is 8.64. The second kappa shape index (κ2) is 9.68. The SMILES string of the molecule is Cc1cc2c(cc1OCCCC(=O)N(CCO)C1CCCCC1)N=C1NC(=O)CN1C2. The summed E-state index contributed by atoms with van der Waals surface area (Å²) in [6, 6.07) is 4.25. The highest BCUT2D eigenvalue weighted by Gasteiger charge is 2.29. The zero-order valence-electron chi connectivity index (χ0n) is 18.2. The van der Waals surface area contributed by atoms with Crippen LogP contribution in [-0.2, 0) is 16.1 Å². The van der Waals surface area contributed by atoms with Gasteiger partial charge in [0.05, 0.1) is 18.9 Å².